The molecule has 2 aliphatic rings. The molecule has 8 heteroatoms. The van der Waals surface area contributed by atoms with E-state index in [1.54, 1.807) is 18.4 Å². The minimum atomic E-state index is -0.354. The second kappa shape index (κ2) is 11.4. The van der Waals surface area contributed by atoms with E-state index in [2.05, 4.69) is 52.5 Å². The number of oxazole rings is 1. The number of furan rings is 1. The first kappa shape index (κ1) is 25.9. The van der Waals surface area contributed by atoms with Gasteiger partial charge in [0.15, 0.2) is 12.3 Å². The third-order valence-electron chi connectivity index (χ3n) is 7.88. The van der Waals surface area contributed by atoms with Crippen molar-refractivity contribution >= 4 is 11.8 Å². The Morgan fingerprint density at radius 3 is 2.67 bits per heavy atom. The van der Waals surface area contributed by atoms with E-state index < -0.39 is 0 Å². The van der Waals surface area contributed by atoms with Crippen LogP contribution in [0.4, 0.5) is 0 Å². The minimum absolute atomic E-state index is 0.0736. The van der Waals surface area contributed by atoms with Crippen LogP contribution in [-0.2, 0) is 24.4 Å². The lowest BCUT2D eigenvalue weighted by Gasteiger charge is -2.39. The van der Waals surface area contributed by atoms with Crippen molar-refractivity contribution in [2.45, 2.75) is 58.2 Å². The van der Waals surface area contributed by atoms with Gasteiger partial charge in [0, 0.05) is 12.5 Å². The van der Waals surface area contributed by atoms with E-state index in [4.69, 9.17) is 13.6 Å². The molecule has 2 aromatic heterocycles. The van der Waals surface area contributed by atoms with Crippen LogP contribution in [0.3, 0.4) is 0 Å². The molecule has 40 heavy (non-hydrogen) atoms. The summed E-state index contributed by atoms with van der Waals surface area (Å²) in [5, 5.41) is 2.75. The van der Waals surface area contributed by atoms with Gasteiger partial charge in [-0.15, -0.1) is 0 Å². The van der Waals surface area contributed by atoms with Crippen LogP contribution in [0.1, 0.15) is 76.1 Å². The van der Waals surface area contributed by atoms with Crippen LogP contribution in [0, 0.1) is 12.8 Å². The van der Waals surface area contributed by atoms with Gasteiger partial charge in [0.25, 0.3) is 5.91 Å². The number of ether oxygens (including phenoxy) is 1. The minimum Gasteiger partial charge on any atom is -0.484 e. The van der Waals surface area contributed by atoms with Crippen molar-refractivity contribution < 1.29 is 23.2 Å². The Morgan fingerprint density at radius 1 is 1.07 bits per heavy atom. The summed E-state index contributed by atoms with van der Waals surface area (Å²) in [6.07, 6.45) is 7.90. The van der Waals surface area contributed by atoms with Crippen LogP contribution >= 0.6 is 0 Å². The molecule has 2 aromatic carbocycles. The van der Waals surface area contributed by atoms with E-state index in [-0.39, 0.29) is 42.6 Å². The second-order valence-electron chi connectivity index (χ2n) is 10.6. The number of aromatic nitrogens is 1. The maximum Gasteiger partial charge on any atom is 0.273 e. The van der Waals surface area contributed by atoms with Crippen molar-refractivity contribution in [2.24, 2.45) is 5.92 Å². The van der Waals surface area contributed by atoms with Gasteiger partial charge in [-0.3, -0.25) is 9.59 Å². The number of nitrogens with one attached hydrogen (secondary N) is 1. The van der Waals surface area contributed by atoms with E-state index in [0.717, 1.165) is 43.2 Å². The molecule has 0 spiro atoms. The molecule has 1 aliphatic carbocycles. The SMILES string of the molecule is Cc1ccc([C@H]2c3cc(OCc4nc(C(=O)NCc5ccco5)co4)ccc3CCN2C(=O)C2CCCC2)cc1. The number of benzene rings is 2. The van der Waals surface area contributed by atoms with Crippen LogP contribution in [0.25, 0.3) is 0 Å². The lowest BCUT2D eigenvalue weighted by molar-refractivity contribution is -0.137. The largest absolute Gasteiger partial charge is 0.484 e. The third kappa shape index (κ3) is 5.52. The van der Waals surface area contributed by atoms with Crippen LogP contribution in [0.5, 0.6) is 5.75 Å². The number of carbonyl (C=O) groups is 2. The van der Waals surface area contributed by atoms with Crippen molar-refractivity contribution in [2.75, 3.05) is 6.54 Å². The summed E-state index contributed by atoms with van der Waals surface area (Å²) in [5.74, 6) is 1.64. The average Bonchev–Trinajstić information content (AvgIpc) is 3.78. The maximum atomic E-state index is 13.7. The topological polar surface area (TPSA) is 97.8 Å². The van der Waals surface area contributed by atoms with E-state index in [0.29, 0.717) is 23.9 Å². The zero-order valence-electron chi connectivity index (χ0n) is 22.6. The molecular weight excluding hydrogens is 506 g/mol. The first-order chi connectivity index (χ1) is 19.5. The first-order valence-electron chi connectivity index (χ1n) is 13.9. The molecule has 1 saturated carbocycles. The number of rotatable bonds is 8. The van der Waals surface area contributed by atoms with Crippen LogP contribution in [-0.4, -0.2) is 28.2 Å². The van der Waals surface area contributed by atoms with Gasteiger partial charge in [0.1, 0.15) is 17.8 Å². The summed E-state index contributed by atoms with van der Waals surface area (Å²) in [6, 6.07) is 17.9. The summed E-state index contributed by atoms with van der Waals surface area (Å²) < 4.78 is 16.8. The number of carbonyl (C=O) groups excluding carboxylic acids is 2. The molecule has 0 radical (unpaired) electrons. The standard InChI is InChI=1S/C32H33N3O5/c1-21-8-10-23(11-9-21)30-27-17-25(13-12-22(27)14-15-35(30)32(37)24-5-2-3-6-24)39-20-29-34-28(19-40-29)31(36)33-18-26-7-4-16-38-26/h4,7-13,16-17,19,24,30H,2-3,5-6,14-15,18,20H2,1H3,(H,33,36)/t30-/m0/s1. The number of hydrogen-bond donors (Lipinski definition) is 1. The predicted molar refractivity (Wildman–Crippen MR) is 148 cm³/mol. The van der Waals surface area contributed by atoms with Crippen molar-refractivity contribution in [3.05, 3.63) is 107 Å². The highest BCUT2D eigenvalue weighted by atomic mass is 16.5. The smallest absolute Gasteiger partial charge is 0.273 e. The predicted octanol–water partition coefficient (Wildman–Crippen LogP) is 5.75. The summed E-state index contributed by atoms with van der Waals surface area (Å²) in [5.41, 5.74) is 4.78. The fraction of sp³-hybridized carbons (Fsp3) is 0.344. The van der Waals surface area contributed by atoms with Gasteiger partial charge in [-0.2, -0.15) is 0 Å². The van der Waals surface area contributed by atoms with Gasteiger partial charge >= 0.3 is 0 Å². The van der Waals surface area contributed by atoms with Crippen molar-refractivity contribution in [3.8, 4) is 5.75 Å². The van der Waals surface area contributed by atoms with Crippen molar-refractivity contribution in [1.29, 1.82) is 0 Å². The van der Waals surface area contributed by atoms with Gasteiger partial charge in [0.2, 0.25) is 11.8 Å². The summed E-state index contributed by atoms with van der Waals surface area (Å²) >= 11 is 0. The highest BCUT2D eigenvalue weighted by molar-refractivity contribution is 5.91. The number of aryl methyl sites for hydroxylation is 1. The van der Waals surface area contributed by atoms with Crippen molar-refractivity contribution in [1.82, 2.24) is 15.2 Å². The number of hydrogen-bond acceptors (Lipinski definition) is 6. The van der Waals surface area contributed by atoms with E-state index in [1.807, 2.05) is 12.1 Å². The van der Waals surface area contributed by atoms with Gasteiger partial charge < -0.3 is 23.8 Å². The molecule has 6 rings (SSSR count). The highest BCUT2D eigenvalue weighted by Crippen LogP contribution is 2.39. The molecule has 206 valence electrons. The third-order valence-corrected chi connectivity index (χ3v) is 7.88. The van der Waals surface area contributed by atoms with Gasteiger partial charge in [0.05, 0.1) is 18.8 Å². The molecule has 1 N–H and O–H groups in total. The lowest BCUT2D eigenvalue weighted by Crippen LogP contribution is -2.43. The molecule has 8 nitrogen and oxygen atoms in total. The molecule has 2 amide bonds. The number of amides is 2. The number of fused-ring (bicyclic) bond motifs is 1. The van der Waals surface area contributed by atoms with E-state index in [1.165, 1.54) is 17.4 Å². The average molecular weight is 540 g/mol. The maximum absolute atomic E-state index is 13.7. The normalized spacial score (nSPS) is 17.0. The van der Waals surface area contributed by atoms with Gasteiger partial charge in [-0.05, 0) is 67.1 Å². The Balaban J connectivity index is 1.19. The number of nitrogens with zero attached hydrogens (tertiary/aromatic N) is 2. The quantitative estimate of drug-likeness (QED) is 0.306. The van der Waals surface area contributed by atoms with Crippen LogP contribution < -0.4 is 10.1 Å². The molecule has 0 bridgehead atoms. The molecule has 4 aromatic rings. The fourth-order valence-corrected chi connectivity index (χ4v) is 5.73. The summed E-state index contributed by atoms with van der Waals surface area (Å²) in [7, 11) is 0. The van der Waals surface area contributed by atoms with Crippen LogP contribution in [0.15, 0.2) is 76.0 Å². The fourth-order valence-electron chi connectivity index (χ4n) is 5.73. The van der Waals surface area contributed by atoms with E-state index in [9.17, 15) is 9.59 Å². The zero-order chi connectivity index (χ0) is 27.5. The molecule has 0 saturated heterocycles. The molecule has 1 fully saturated rings. The Morgan fingerprint density at radius 2 is 1.90 bits per heavy atom. The van der Waals surface area contributed by atoms with Gasteiger partial charge in [-0.1, -0.05) is 48.7 Å². The Bertz CT molecular complexity index is 1470. The highest BCUT2D eigenvalue weighted by Gasteiger charge is 2.36. The molecule has 1 atom stereocenters. The summed E-state index contributed by atoms with van der Waals surface area (Å²) in [6.45, 7) is 3.12. The Labute approximate surface area is 233 Å². The van der Waals surface area contributed by atoms with Crippen LogP contribution in [0.2, 0.25) is 0 Å². The molecular formula is C32H33N3O5. The molecule has 1 aliphatic heterocycles. The monoisotopic (exact) mass is 539 g/mol. The van der Waals surface area contributed by atoms with Gasteiger partial charge in [-0.25, -0.2) is 4.98 Å². The molecule has 3 heterocycles. The Kier molecular flexibility index (Phi) is 7.40. The first-order valence-corrected chi connectivity index (χ1v) is 13.9. The Hall–Kier alpha value is -4.33. The van der Waals surface area contributed by atoms with E-state index >= 15 is 0 Å². The zero-order valence-corrected chi connectivity index (χ0v) is 22.6. The second-order valence-corrected chi connectivity index (χ2v) is 10.6. The molecule has 0 unspecified atom stereocenters. The lowest BCUT2D eigenvalue weighted by atomic mass is 9.86. The van der Waals surface area contributed by atoms with Crippen molar-refractivity contribution in [3.63, 3.8) is 0 Å². The summed E-state index contributed by atoms with van der Waals surface area (Å²) in [4.78, 5) is 32.4.